The summed E-state index contributed by atoms with van der Waals surface area (Å²) in [5, 5.41) is 3.52. The highest BCUT2D eigenvalue weighted by Gasteiger charge is 2.44. The summed E-state index contributed by atoms with van der Waals surface area (Å²) in [4.78, 5) is 21.8. The molecule has 9 heteroatoms. The molecule has 8 nitrogen and oxygen atoms in total. The Morgan fingerprint density at radius 3 is 2.48 bits per heavy atom. The van der Waals surface area contributed by atoms with Gasteiger partial charge < -0.3 is 15.2 Å². The standard InChI is InChI=1S/C24H29N5O3S/c1-16-5-3-6-17(2)22(16)27-24(30)28-14-19(15-28)33(31,32)29-11-8-18(9-12-29)21-13-26-23-20(21)7-4-10-25-23/h3-7,10,13,18-19H,8-9,11-12,14-15H2,1-2H3,(H,25,26)(H,27,30). The highest BCUT2D eigenvalue weighted by atomic mass is 32.2. The van der Waals surface area contributed by atoms with Gasteiger partial charge in [-0.05, 0) is 61.4 Å². The summed E-state index contributed by atoms with van der Waals surface area (Å²) in [7, 11) is -3.42. The number of nitrogens with zero attached hydrogens (tertiary/aromatic N) is 3. The number of hydrogen-bond donors (Lipinski definition) is 2. The summed E-state index contributed by atoms with van der Waals surface area (Å²) < 4.78 is 27.9. The average Bonchev–Trinajstić information content (AvgIpc) is 3.19. The minimum absolute atomic E-state index is 0.229. The molecule has 33 heavy (non-hydrogen) atoms. The number of carbonyl (C=O) groups excluding carboxylic acids is 1. The molecule has 2 aromatic heterocycles. The van der Waals surface area contributed by atoms with Crippen molar-refractivity contribution in [3.63, 3.8) is 0 Å². The molecule has 0 atom stereocenters. The summed E-state index contributed by atoms with van der Waals surface area (Å²) >= 11 is 0. The molecule has 2 N–H and O–H groups in total. The molecule has 2 aliphatic heterocycles. The van der Waals surface area contributed by atoms with Crippen molar-refractivity contribution in [2.75, 3.05) is 31.5 Å². The quantitative estimate of drug-likeness (QED) is 0.612. The first-order valence-corrected chi connectivity index (χ1v) is 12.9. The molecule has 1 aromatic carbocycles. The number of rotatable bonds is 4. The largest absolute Gasteiger partial charge is 0.346 e. The monoisotopic (exact) mass is 467 g/mol. The first kappa shape index (κ1) is 21.9. The number of fused-ring (bicyclic) bond motifs is 1. The predicted molar refractivity (Wildman–Crippen MR) is 129 cm³/mol. The Labute approximate surface area is 194 Å². The van der Waals surface area contributed by atoms with Crippen molar-refractivity contribution in [2.24, 2.45) is 0 Å². The lowest BCUT2D eigenvalue weighted by Gasteiger charge is -2.42. The molecule has 2 amide bonds. The van der Waals surface area contributed by atoms with Gasteiger partial charge in [0.05, 0.1) is 0 Å². The normalized spacial score (nSPS) is 18.4. The predicted octanol–water partition coefficient (Wildman–Crippen LogP) is 3.61. The number of nitrogens with one attached hydrogen (secondary N) is 2. The number of amides is 2. The minimum atomic E-state index is -3.42. The zero-order valence-corrected chi connectivity index (χ0v) is 19.7. The Bertz CT molecular complexity index is 1270. The van der Waals surface area contributed by atoms with Gasteiger partial charge in [-0.3, -0.25) is 0 Å². The number of sulfonamides is 1. The first-order chi connectivity index (χ1) is 15.8. The van der Waals surface area contributed by atoms with Crippen molar-refractivity contribution >= 4 is 32.8 Å². The molecule has 3 aromatic rings. The van der Waals surface area contributed by atoms with Gasteiger partial charge in [-0.25, -0.2) is 22.5 Å². The fraction of sp³-hybridized carbons (Fsp3) is 0.417. The van der Waals surface area contributed by atoms with E-state index in [4.69, 9.17) is 0 Å². The smallest absolute Gasteiger partial charge is 0.321 e. The van der Waals surface area contributed by atoms with Crippen LogP contribution in [-0.4, -0.2) is 65.1 Å². The third kappa shape index (κ3) is 4.00. The second-order valence-corrected chi connectivity index (χ2v) is 11.3. The van der Waals surface area contributed by atoms with E-state index in [1.807, 2.05) is 44.3 Å². The van der Waals surface area contributed by atoms with Crippen molar-refractivity contribution in [2.45, 2.75) is 37.9 Å². The molecule has 2 aliphatic rings. The van der Waals surface area contributed by atoms with E-state index in [2.05, 4.69) is 21.4 Å². The van der Waals surface area contributed by atoms with E-state index in [1.54, 1.807) is 15.4 Å². The van der Waals surface area contributed by atoms with Crippen LogP contribution in [0.5, 0.6) is 0 Å². The molecule has 0 bridgehead atoms. The van der Waals surface area contributed by atoms with E-state index in [0.717, 1.165) is 40.7 Å². The van der Waals surface area contributed by atoms with Crippen molar-refractivity contribution in [1.82, 2.24) is 19.2 Å². The number of aromatic nitrogens is 2. The lowest BCUT2D eigenvalue weighted by molar-refractivity contribution is 0.179. The molecular weight excluding hydrogens is 438 g/mol. The van der Waals surface area contributed by atoms with Gasteiger partial charge in [0.1, 0.15) is 10.9 Å². The maximum absolute atomic E-state index is 13.2. The molecule has 0 unspecified atom stereocenters. The van der Waals surface area contributed by atoms with Crippen LogP contribution in [0.2, 0.25) is 0 Å². The van der Waals surface area contributed by atoms with Gasteiger partial charge in [0.2, 0.25) is 10.0 Å². The molecule has 0 spiro atoms. The fourth-order valence-electron chi connectivity index (χ4n) is 4.94. The van der Waals surface area contributed by atoms with Crippen LogP contribution in [0.1, 0.15) is 35.4 Å². The molecule has 0 aliphatic carbocycles. The van der Waals surface area contributed by atoms with Gasteiger partial charge in [0.15, 0.2) is 0 Å². The van der Waals surface area contributed by atoms with Crippen molar-refractivity contribution < 1.29 is 13.2 Å². The summed E-state index contributed by atoms with van der Waals surface area (Å²) in [6.45, 7) is 5.36. The van der Waals surface area contributed by atoms with Crippen LogP contribution in [0.4, 0.5) is 10.5 Å². The molecular formula is C24H29N5O3S. The summed E-state index contributed by atoms with van der Waals surface area (Å²) in [6.07, 6.45) is 5.34. The number of para-hydroxylation sites is 1. The van der Waals surface area contributed by atoms with Gasteiger partial charge in [-0.15, -0.1) is 0 Å². The summed E-state index contributed by atoms with van der Waals surface area (Å²) in [5.74, 6) is 0.315. The summed E-state index contributed by atoms with van der Waals surface area (Å²) in [6, 6.07) is 9.59. The number of piperidine rings is 1. The van der Waals surface area contributed by atoms with Crippen LogP contribution >= 0.6 is 0 Å². The zero-order valence-electron chi connectivity index (χ0n) is 18.9. The van der Waals surface area contributed by atoms with Crippen LogP contribution in [0, 0.1) is 13.8 Å². The van der Waals surface area contributed by atoms with Crippen molar-refractivity contribution in [3.05, 3.63) is 59.4 Å². The van der Waals surface area contributed by atoms with E-state index >= 15 is 0 Å². The number of hydrogen-bond acceptors (Lipinski definition) is 4. The Morgan fingerprint density at radius 2 is 1.79 bits per heavy atom. The highest BCUT2D eigenvalue weighted by molar-refractivity contribution is 7.89. The van der Waals surface area contributed by atoms with E-state index in [1.165, 1.54) is 5.56 Å². The van der Waals surface area contributed by atoms with Gasteiger partial charge >= 0.3 is 6.03 Å². The molecule has 2 saturated heterocycles. The van der Waals surface area contributed by atoms with Crippen LogP contribution in [-0.2, 0) is 10.0 Å². The van der Waals surface area contributed by atoms with Crippen LogP contribution < -0.4 is 5.32 Å². The van der Waals surface area contributed by atoms with Crippen LogP contribution in [0.25, 0.3) is 11.0 Å². The minimum Gasteiger partial charge on any atom is -0.346 e. The number of pyridine rings is 1. The zero-order chi connectivity index (χ0) is 23.2. The Balaban J connectivity index is 1.17. The number of aromatic amines is 1. The van der Waals surface area contributed by atoms with Crippen molar-refractivity contribution in [3.8, 4) is 0 Å². The van der Waals surface area contributed by atoms with E-state index < -0.39 is 15.3 Å². The summed E-state index contributed by atoms with van der Waals surface area (Å²) in [5.41, 5.74) is 4.86. The highest BCUT2D eigenvalue weighted by Crippen LogP contribution is 2.34. The van der Waals surface area contributed by atoms with Crippen LogP contribution in [0.15, 0.2) is 42.7 Å². The molecule has 0 saturated carbocycles. The number of anilines is 1. The third-order valence-corrected chi connectivity index (χ3v) is 9.23. The Morgan fingerprint density at radius 1 is 1.09 bits per heavy atom. The molecule has 5 rings (SSSR count). The third-order valence-electron chi connectivity index (χ3n) is 7.01. The first-order valence-electron chi connectivity index (χ1n) is 11.4. The number of H-pyrrole nitrogens is 1. The molecule has 174 valence electrons. The van der Waals surface area contributed by atoms with E-state index in [0.29, 0.717) is 19.0 Å². The van der Waals surface area contributed by atoms with Crippen molar-refractivity contribution in [1.29, 1.82) is 0 Å². The molecule has 2 fully saturated rings. The van der Waals surface area contributed by atoms with Gasteiger partial charge in [0.25, 0.3) is 0 Å². The maximum Gasteiger partial charge on any atom is 0.321 e. The van der Waals surface area contributed by atoms with E-state index in [9.17, 15) is 13.2 Å². The molecule has 4 heterocycles. The number of likely N-dealkylation sites (tertiary alicyclic amines) is 1. The molecule has 0 radical (unpaired) electrons. The van der Waals surface area contributed by atoms with E-state index in [-0.39, 0.29) is 19.1 Å². The van der Waals surface area contributed by atoms with Crippen LogP contribution in [0.3, 0.4) is 0 Å². The van der Waals surface area contributed by atoms with Gasteiger partial charge in [-0.1, -0.05) is 18.2 Å². The number of aryl methyl sites for hydroxylation is 2. The fourth-order valence-corrected chi connectivity index (χ4v) is 6.82. The van der Waals surface area contributed by atoms with Gasteiger partial charge in [-0.2, -0.15) is 0 Å². The SMILES string of the molecule is Cc1cccc(C)c1NC(=O)N1CC(S(=O)(=O)N2CCC(c3c[nH]c4ncccc34)CC2)C1. The Hall–Kier alpha value is -2.91. The lowest BCUT2D eigenvalue weighted by atomic mass is 9.90. The number of urea groups is 1. The Kier molecular flexibility index (Phi) is 5.62. The lowest BCUT2D eigenvalue weighted by Crippen LogP contribution is -2.61. The second-order valence-electron chi connectivity index (χ2n) is 9.09. The van der Waals surface area contributed by atoms with Gasteiger partial charge in [0, 0.05) is 49.6 Å². The number of carbonyl (C=O) groups is 1. The average molecular weight is 468 g/mol. The number of benzene rings is 1. The maximum atomic E-state index is 13.2. The second kappa shape index (κ2) is 8.46. The topological polar surface area (TPSA) is 98.4 Å².